The normalized spacial score (nSPS) is 19.9. The zero-order chi connectivity index (χ0) is 20.6. The van der Waals surface area contributed by atoms with Crippen molar-refractivity contribution in [3.63, 3.8) is 0 Å². The number of imide groups is 1. The average molecular weight is 533 g/mol. The second-order valence-corrected chi connectivity index (χ2v) is 7.34. The van der Waals surface area contributed by atoms with Crippen LogP contribution in [0.15, 0.2) is 4.99 Å². The summed E-state index contributed by atoms with van der Waals surface area (Å²) in [5.74, 6) is 0.737. The Morgan fingerprint density at radius 3 is 2.24 bits per heavy atom. The van der Waals surface area contributed by atoms with Gasteiger partial charge in [-0.3, -0.25) is 24.4 Å². The first-order valence-corrected chi connectivity index (χ1v) is 9.85. The summed E-state index contributed by atoms with van der Waals surface area (Å²) in [6.07, 6.45) is -0.271. The highest BCUT2D eigenvalue weighted by atomic mass is 127. The predicted octanol–water partition coefficient (Wildman–Crippen LogP) is 1.97. The van der Waals surface area contributed by atoms with Gasteiger partial charge < -0.3 is 10.6 Å². The van der Waals surface area contributed by atoms with Crippen molar-refractivity contribution >= 4 is 41.8 Å². The van der Waals surface area contributed by atoms with Crippen molar-refractivity contribution in [1.29, 1.82) is 0 Å². The van der Waals surface area contributed by atoms with Gasteiger partial charge in [0.05, 0.1) is 6.54 Å². The molecule has 0 atom stereocenters. The highest BCUT2D eigenvalue weighted by Crippen LogP contribution is 2.23. The van der Waals surface area contributed by atoms with Crippen LogP contribution in [0.25, 0.3) is 0 Å². The number of aliphatic imine (C=N–C) groups is 1. The summed E-state index contributed by atoms with van der Waals surface area (Å²) in [7, 11) is 1.64. The first kappa shape index (κ1) is 25.9. The molecule has 0 spiro atoms. The van der Waals surface area contributed by atoms with E-state index in [9.17, 15) is 22.8 Å². The molecule has 2 N–H and O–H groups in total. The highest BCUT2D eigenvalue weighted by molar-refractivity contribution is 14.0. The van der Waals surface area contributed by atoms with E-state index in [1.807, 2.05) is 0 Å². The van der Waals surface area contributed by atoms with E-state index in [-0.39, 0.29) is 35.8 Å². The van der Waals surface area contributed by atoms with Crippen molar-refractivity contribution in [2.24, 2.45) is 10.9 Å². The fourth-order valence-electron chi connectivity index (χ4n) is 3.64. The Kier molecular flexibility index (Phi) is 11.2. The van der Waals surface area contributed by atoms with Gasteiger partial charge in [-0.25, -0.2) is 0 Å². The molecule has 2 aliphatic rings. The van der Waals surface area contributed by atoms with Crippen molar-refractivity contribution in [2.45, 2.75) is 44.7 Å². The smallest absolute Gasteiger partial charge is 0.356 e. The molecule has 2 saturated heterocycles. The number of guanidine groups is 1. The van der Waals surface area contributed by atoms with Gasteiger partial charge in [0.2, 0.25) is 11.8 Å². The highest BCUT2D eigenvalue weighted by Gasteiger charge is 2.32. The minimum Gasteiger partial charge on any atom is -0.356 e. The third-order valence-electron chi connectivity index (χ3n) is 5.19. The van der Waals surface area contributed by atoms with Crippen LogP contribution in [0.3, 0.4) is 0 Å². The van der Waals surface area contributed by atoms with Crippen LogP contribution < -0.4 is 10.6 Å². The molecule has 29 heavy (non-hydrogen) atoms. The number of carbonyl (C=O) groups is 2. The molecular formula is C18H31F3IN5O2. The molecule has 2 amide bonds. The van der Waals surface area contributed by atoms with Crippen molar-refractivity contribution in [2.75, 3.05) is 46.3 Å². The fraction of sp³-hybridized carbons (Fsp3) is 0.833. The van der Waals surface area contributed by atoms with E-state index >= 15 is 0 Å². The van der Waals surface area contributed by atoms with Gasteiger partial charge in [0.25, 0.3) is 0 Å². The van der Waals surface area contributed by atoms with E-state index < -0.39 is 12.7 Å². The molecule has 0 unspecified atom stereocenters. The Balaban J connectivity index is 0.00000420. The van der Waals surface area contributed by atoms with Crippen molar-refractivity contribution in [1.82, 2.24) is 20.4 Å². The molecule has 0 aliphatic carbocycles. The Labute approximate surface area is 186 Å². The number of piperidine rings is 2. The minimum absolute atomic E-state index is 0. The summed E-state index contributed by atoms with van der Waals surface area (Å²) < 4.78 is 37.3. The summed E-state index contributed by atoms with van der Waals surface area (Å²) in [5, 5.41) is 6.27. The molecule has 2 heterocycles. The van der Waals surface area contributed by atoms with Crippen LogP contribution in [0.1, 0.15) is 38.5 Å². The number of halogens is 4. The number of likely N-dealkylation sites (tertiary alicyclic amines) is 2. The Bertz CT molecular complexity index is 550. The minimum atomic E-state index is -4.13. The number of amides is 2. The first-order valence-electron chi connectivity index (χ1n) is 9.85. The van der Waals surface area contributed by atoms with Crippen LogP contribution in [0, 0.1) is 5.92 Å². The monoisotopic (exact) mass is 533 g/mol. The second-order valence-electron chi connectivity index (χ2n) is 7.34. The largest absolute Gasteiger partial charge is 0.401 e. The molecule has 11 heteroatoms. The van der Waals surface area contributed by atoms with Gasteiger partial charge >= 0.3 is 6.18 Å². The third kappa shape index (κ3) is 9.49. The van der Waals surface area contributed by atoms with Crippen molar-refractivity contribution in [3.8, 4) is 0 Å². The molecule has 2 fully saturated rings. The van der Waals surface area contributed by atoms with Gasteiger partial charge in [-0.2, -0.15) is 13.2 Å². The number of hydrogen-bond donors (Lipinski definition) is 2. The average Bonchev–Trinajstić information content (AvgIpc) is 2.63. The summed E-state index contributed by atoms with van der Waals surface area (Å²) in [5.41, 5.74) is 0. The zero-order valence-corrected chi connectivity index (χ0v) is 19.1. The number of hydrogen-bond acceptors (Lipinski definition) is 4. The third-order valence-corrected chi connectivity index (χ3v) is 5.19. The molecule has 2 rings (SSSR count). The molecule has 0 radical (unpaired) electrons. The van der Waals surface area contributed by atoms with Crippen LogP contribution in [-0.2, 0) is 9.59 Å². The Morgan fingerprint density at radius 2 is 1.69 bits per heavy atom. The van der Waals surface area contributed by atoms with Crippen molar-refractivity contribution in [3.05, 3.63) is 0 Å². The summed E-state index contributed by atoms with van der Waals surface area (Å²) in [6.45, 7) is 1.55. The number of rotatable bonds is 7. The molecular weight excluding hydrogens is 502 g/mol. The van der Waals surface area contributed by atoms with E-state index in [0.29, 0.717) is 63.9 Å². The number of nitrogens with one attached hydrogen (secondary N) is 2. The lowest BCUT2D eigenvalue weighted by molar-refractivity contribution is -0.149. The number of carbonyl (C=O) groups excluding carboxylic acids is 2. The van der Waals surface area contributed by atoms with Gasteiger partial charge in [-0.1, -0.05) is 0 Å². The van der Waals surface area contributed by atoms with Crippen LogP contribution in [-0.4, -0.2) is 80.1 Å². The van der Waals surface area contributed by atoms with Crippen LogP contribution in [0.5, 0.6) is 0 Å². The predicted molar refractivity (Wildman–Crippen MR) is 115 cm³/mol. The van der Waals surface area contributed by atoms with E-state index in [0.717, 1.165) is 19.3 Å². The Morgan fingerprint density at radius 1 is 1.10 bits per heavy atom. The van der Waals surface area contributed by atoms with Crippen LogP contribution >= 0.6 is 24.0 Å². The molecule has 2 aliphatic heterocycles. The maximum absolute atomic E-state index is 12.4. The van der Waals surface area contributed by atoms with Crippen LogP contribution in [0.2, 0.25) is 0 Å². The lowest BCUT2D eigenvalue weighted by Gasteiger charge is -2.32. The number of nitrogens with zero attached hydrogens (tertiary/aromatic N) is 3. The van der Waals surface area contributed by atoms with E-state index in [1.54, 1.807) is 7.05 Å². The fourth-order valence-corrected chi connectivity index (χ4v) is 3.64. The number of alkyl halides is 3. The van der Waals surface area contributed by atoms with E-state index in [4.69, 9.17) is 0 Å². The van der Waals surface area contributed by atoms with Crippen molar-refractivity contribution < 1.29 is 22.8 Å². The molecule has 0 aromatic carbocycles. The van der Waals surface area contributed by atoms with Gasteiger partial charge in [0.1, 0.15) is 0 Å². The van der Waals surface area contributed by atoms with E-state index in [2.05, 4.69) is 15.6 Å². The molecule has 7 nitrogen and oxygen atoms in total. The van der Waals surface area contributed by atoms with Gasteiger partial charge in [0.15, 0.2) is 5.96 Å². The second kappa shape index (κ2) is 12.6. The quantitative estimate of drug-likeness (QED) is 0.227. The molecule has 0 bridgehead atoms. The standard InChI is InChI=1S/C18H30F3N5O2.HI/c1-22-17(24-9-12-26-15(27)3-2-4-16(26)28)23-8-5-14-6-10-25(11-7-14)13-18(19,20)21;/h14H,2-13H2,1H3,(H2,22,23,24);1H. The maximum Gasteiger partial charge on any atom is 0.401 e. The zero-order valence-electron chi connectivity index (χ0n) is 16.8. The van der Waals surface area contributed by atoms with Crippen LogP contribution in [0.4, 0.5) is 13.2 Å². The topological polar surface area (TPSA) is 77.0 Å². The SMILES string of the molecule is CN=C(NCCC1CCN(CC(F)(F)F)CC1)NCCN1C(=O)CCCC1=O.I. The molecule has 0 aromatic heterocycles. The summed E-state index contributed by atoms with van der Waals surface area (Å²) in [4.78, 5) is 30.4. The molecule has 168 valence electrons. The Hall–Kier alpha value is -1.11. The van der Waals surface area contributed by atoms with E-state index in [1.165, 1.54) is 9.80 Å². The van der Waals surface area contributed by atoms with Gasteiger partial charge in [0, 0.05) is 39.5 Å². The molecule has 0 saturated carbocycles. The lowest BCUT2D eigenvalue weighted by atomic mass is 9.93. The molecule has 0 aromatic rings. The maximum atomic E-state index is 12.4. The van der Waals surface area contributed by atoms with Gasteiger partial charge in [-0.05, 0) is 44.7 Å². The summed E-state index contributed by atoms with van der Waals surface area (Å²) in [6, 6.07) is 0. The first-order chi connectivity index (χ1) is 13.3. The van der Waals surface area contributed by atoms with Gasteiger partial charge in [-0.15, -0.1) is 24.0 Å². The lowest BCUT2D eigenvalue weighted by Crippen LogP contribution is -2.46. The summed E-state index contributed by atoms with van der Waals surface area (Å²) >= 11 is 0.